The molecule has 1 aromatic carbocycles. The molecule has 1 fully saturated rings. The molecule has 0 spiro atoms. The molecule has 112 valence electrons. The molecule has 0 bridgehead atoms. The average Bonchev–Trinajstić information content (AvgIpc) is 2.45. The molecule has 5 heteroatoms. The summed E-state index contributed by atoms with van der Waals surface area (Å²) < 4.78 is 0. The van der Waals surface area contributed by atoms with Gasteiger partial charge in [-0.2, -0.15) is 0 Å². The van der Waals surface area contributed by atoms with E-state index in [4.69, 9.17) is 34.8 Å². The first-order valence-electron chi connectivity index (χ1n) is 7.14. The Morgan fingerprint density at radius 2 is 2.05 bits per heavy atom. The SMILES string of the molecule is CCN1CCCC(NC(C)c2ccc(Cl)c(Cl)c2Cl)C1. The Balaban J connectivity index is 2.05. The molecule has 2 rings (SSSR count). The maximum atomic E-state index is 6.30. The third-order valence-corrected chi connectivity index (χ3v) is 5.28. The topological polar surface area (TPSA) is 15.3 Å². The number of rotatable bonds is 4. The van der Waals surface area contributed by atoms with Crippen LogP contribution in [0.15, 0.2) is 12.1 Å². The van der Waals surface area contributed by atoms with Crippen LogP contribution in [0.2, 0.25) is 15.1 Å². The number of likely N-dealkylation sites (N-methyl/N-ethyl adjacent to an activating group) is 1. The molecule has 0 aromatic heterocycles. The lowest BCUT2D eigenvalue weighted by atomic mass is 10.0. The lowest BCUT2D eigenvalue weighted by Gasteiger charge is -2.34. The molecular formula is C15H21Cl3N2. The van der Waals surface area contributed by atoms with Crippen LogP contribution in [-0.2, 0) is 0 Å². The van der Waals surface area contributed by atoms with Crippen LogP contribution in [0.25, 0.3) is 0 Å². The number of piperidine rings is 1. The van der Waals surface area contributed by atoms with Crippen molar-refractivity contribution in [2.45, 2.75) is 38.8 Å². The van der Waals surface area contributed by atoms with Crippen molar-refractivity contribution < 1.29 is 0 Å². The molecule has 2 nitrogen and oxygen atoms in total. The quantitative estimate of drug-likeness (QED) is 0.796. The van der Waals surface area contributed by atoms with E-state index in [9.17, 15) is 0 Å². The lowest BCUT2D eigenvalue weighted by molar-refractivity contribution is 0.192. The molecule has 1 aliphatic rings. The second kappa shape index (κ2) is 7.33. The summed E-state index contributed by atoms with van der Waals surface area (Å²) in [7, 11) is 0. The maximum Gasteiger partial charge on any atom is 0.0781 e. The molecule has 20 heavy (non-hydrogen) atoms. The van der Waals surface area contributed by atoms with Crippen molar-refractivity contribution in [1.29, 1.82) is 0 Å². The van der Waals surface area contributed by atoms with E-state index >= 15 is 0 Å². The highest BCUT2D eigenvalue weighted by molar-refractivity contribution is 6.48. The van der Waals surface area contributed by atoms with Gasteiger partial charge >= 0.3 is 0 Å². The summed E-state index contributed by atoms with van der Waals surface area (Å²) in [5.74, 6) is 0. The number of hydrogen-bond donors (Lipinski definition) is 1. The van der Waals surface area contributed by atoms with Crippen molar-refractivity contribution in [2.75, 3.05) is 19.6 Å². The second-order valence-corrected chi connectivity index (χ2v) is 6.55. The van der Waals surface area contributed by atoms with Crippen LogP contribution in [0, 0.1) is 0 Å². The van der Waals surface area contributed by atoms with E-state index in [-0.39, 0.29) is 6.04 Å². The highest BCUT2D eigenvalue weighted by Crippen LogP contribution is 2.35. The Labute approximate surface area is 136 Å². The van der Waals surface area contributed by atoms with E-state index in [2.05, 4.69) is 24.1 Å². The molecule has 1 saturated heterocycles. The molecule has 0 aliphatic carbocycles. The summed E-state index contributed by atoms with van der Waals surface area (Å²) in [5, 5.41) is 5.16. The molecule has 1 aromatic rings. The average molecular weight is 336 g/mol. The largest absolute Gasteiger partial charge is 0.306 e. The van der Waals surface area contributed by atoms with Crippen molar-refractivity contribution in [3.63, 3.8) is 0 Å². The van der Waals surface area contributed by atoms with Gasteiger partial charge in [-0.1, -0.05) is 47.8 Å². The Morgan fingerprint density at radius 1 is 1.30 bits per heavy atom. The van der Waals surface area contributed by atoms with Gasteiger partial charge in [0.2, 0.25) is 0 Å². The zero-order chi connectivity index (χ0) is 14.7. The predicted molar refractivity (Wildman–Crippen MR) is 88.2 cm³/mol. The number of halogens is 3. The van der Waals surface area contributed by atoms with Crippen molar-refractivity contribution in [1.82, 2.24) is 10.2 Å². The number of nitrogens with one attached hydrogen (secondary N) is 1. The van der Waals surface area contributed by atoms with E-state index in [0.717, 1.165) is 18.7 Å². The van der Waals surface area contributed by atoms with Crippen molar-refractivity contribution in [2.24, 2.45) is 0 Å². The van der Waals surface area contributed by atoms with E-state index in [1.807, 2.05) is 12.1 Å². The van der Waals surface area contributed by atoms with E-state index < -0.39 is 0 Å². The monoisotopic (exact) mass is 334 g/mol. The smallest absolute Gasteiger partial charge is 0.0781 e. The first kappa shape index (κ1) is 16.4. The van der Waals surface area contributed by atoms with E-state index in [1.165, 1.54) is 19.4 Å². The van der Waals surface area contributed by atoms with Crippen LogP contribution < -0.4 is 5.32 Å². The zero-order valence-corrected chi connectivity index (χ0v) is 14.2. The predicted octanol–water partition coefficient (Wildman–Crippen LogP) is 4.78. The summed E-state index contributed by atoms with van der Waals surface area (Å²) >= 11 is 18.4. The minimum atomic E-state index is 0.166. The van der Waals surface area contributed by atoms with E-state index in [0.29, 0.717) is 21.1 Å². The first-order chi connectivity index (χ1) is 9.52. The van der Waals surface area contributed by atoms with Gasteiger partial charge in [0.1, 0.15) is 0 Å². The molecule has 1 N–H and O–H groups in total. The van der Waals surface area contributed by atoms with Crippen molar-refractivity contribution >= 4 is 34.8 Å². The van der Waals surface area contributed by atoms with Crippen LogP contribution in [0.4, 0.5) is 0 Å². The van der Waals surface area contributed by atoms with Gasteiger partial charge in [0.05, 0.1) is 15.1 Å². The molecule has 0 saturated carbocycles. The maximum absolute atomic E-state index is 6.30. The molecule has 0 amide bonds. The van der Waals surface area contributed by atoms with Gasteiger partial charge in [-0.25, -0.2) is 0 Å². The molecular weight excluding hydrogens is 315 g/mol. The first-order valence-corrected chi connectivity index (χ1v) is 8.28. The number of benzene rings is 1. The minimum Gasteiger partial charge on any atom is -0.306 e. The van der Waals surface area contributed by atoms with Crippen LogP contribution in [0.5, 0.6) is 0 Å². The van der Waals surface area contributed by atoms with Crippen molar-refractivity contribution in [3.8, 4) is 0 Å². The number of hydrogen-bond acceptors (Lipinski definition) is 2. The van der Waals surface area contributed by atoms with Crippen molar-refractivity contribution in [3.05, 3.63) is 32.8 Å². The Morgan fingerprint density at radius 3 is 2.75 bits per heavy atom. The summed E-state index contributed by atoms with van der Waals surface area (Å²) in [6, 6.07) is 4.43. The molecule has 1 aliphatic heterocycles. The summed E-state index contributed by atoms with van der Waals surface area (Å²) in [4.78, 5) is 2.48. The van der Waals surface area contributed by atoms with Gasteiger partial charge in [-0.05, 0) is 44.5 Å². The fourth-order valence-electron chi connectivity index (χ4n) is 2.80. The summed E-state index contributed by atoms with van der Waals surface area (Å²) in [5.41, 5.74) is 1.01. The van der Waals surface area contributed by atoms with Gasteiger partial charge in [0, 0.05) is 18.6 Å². The van der Waals surface area contributed by atoms with Crippen LogP contribution in [0.1, 0.15) is 38.3 Å². The van der Waals surface area contributed by atoms with E-state index in [1.54, 1.807) is 0 Å². The lowest BCUT2D eigenvalue weighted by Crippen LogP contribution is -2.46. The van der Waals surface area contributed by atoms with Crippen LogP contribution in [0.3, 0.4) is 0 Å². The molecule has 2 unspecified atom stereocenters. The Hall–Kier alpha value is 0.01000. The highest BCUT2D eigenvalue weighted by atomic mass is 35.5. The fraction of sp³-hybridized carbons (Fsp3) is 0.600. The van der Waals surface area contributed by atoms with Gasteiger partial charge < -0.3 is 10.2 Å². The van der Waals surface area contributed by atoms with Gasteiger partial charge in [-0.3, -0.25) is 0 Å². The normalized spacial score (nSPS) is 21.9. The van der Waals surface area contributed by atoms with Gasteiger partial charge in [0.25, 0.3) is 0 Å². The number of likely N-dealkylation sites (tertiary alicyclic amines) is 1. The number of nitrogens with zero attached hydrogens (tertiary/aromatic N) is 1. The minimum absolute atomic E-state index is 0.166. The zero-order valence-electron chi connectivity index (χ0n) is 11.9. The summed E-state index contributed by atoms with van der Waals surface area (Å²) in [6.07, 6.45) is 2.45. The standard InChI is InChI=1S/C15H21Cl3N2/c1-3-20-8-4-5-11(9-20)19-10(2)12-6-7-13(16)15(18)14(12)17/h6-7,10-11,19H,3-5,8-9H2,1-2H3. The Bertz CT molecular complexity index is 465. The molecule has 2 atom stereocenters. The van der Waals surface area contributed by atoms with Gasteiger partial charge in [0.15, 0.2) is 0 Å². The highest BCUT2D eigenvalue weighted by Gasteiger charge is 2.22. The third kappa shape index (κ3) is 3.80. The van der Waals surface area contributed by atoms with Crippen LogP contribution >= 0.6 is 34.8 Å². The Kier molecular flexibility index (Phi) is 6.00. The third-order valence-electron chi connectivity index (χ3n) is 3.97. The fourth-order valence-corrected chi connectivity index (χ4v) is 3.50. The molecule has 0 radical (unpaired) electrons. The summed E-state index contributed by atoms with van der Waals surface area (Å²) in [6.45, 7) is 7.74. The second-order valence-electron chi connectivity index (χ2n) is 5.39. The molecule has 1 heterocycles. The van der Waals surface area contributed by atoms with Gasteiger partial charge in [-0.15, -0.1) is 0 Å². The van der Waals surface area contributed by atoms with Crippen LogP contribution in [-0.4, -0.2) is 30.6 Å².